The molecule has 0 aliphatic rings. The van der Waals surface area contributed by atoms with Crippen LogP contribution in [0.5, 0.6) is 0 Å². The van der Waals surface area contributed by atoms with Crippen LogP contribution in [0.15, 0.2) is 44.3 Å². The first-order valence-electron chi connectivity index (χ1n) is 7.19. The van der Waals surface area contributed by atoms with Gasteiger partial charge in [0.1, 0.15) is 0 Å². The second kappa shape index (κ2) is 6.70. The van der Waals surface area contributed by atoms with Crippen molar-refractivity contribution in [1.82, 2.24) is 4.72 Å². The van der Waals surface area contributed by atoms with Gasteiger partial charge in [-0.2, -0.15) is 0 Å². The number of nitrogens with one attached hydrogen (secondary N) is 2. The minimum absolute atomic E-state index is 0.0824. The number of amides is 1. The van der Waals surface area contributed by atoms with Crippen LogP contribution in [0.2, 0.25) is 0 Å². The smallest absolute Gasteiger partial charge is 0.291 e. The van der Waals surface area contributed by atoms with Gasteiger partial charge in [0.15, 0.2) is 5.76 Å². The Morgan fingerprint density at radius 1 is 1.17 bits per heavy atom. The average Bonchev–Trinajstić information content (AvgIpc) is 2.91. The molecule has 130 valence electrons. The third-order valence-corrected chi connectivity index (χ3v) is 5.42. The number of carbonyl (C=O) groups excluding carboxylic acids is 1. The van der Waals surface area contributed by atoms with E-state index in [0.29, 0.717) is 5.69 Å². The molecule has 0 unspecified atom stereocenters. The quantitative estimate of drug-likeness (QED) is 0.798. The summed E-state index contributed by atoms with van der Waals surface area (Å²) in [5.41, 5.74) is 0.959. The number of rotatable bonds is 4. The second-order valence-corrected chi connectivity index (χ2v) is 8.86. The van der Waals surface area contributed by atoms with E-state index in [0.717, 1.165) is 10.0 Å². The Morgan fingerprint density at radius 2 is 1.83 bits per heavy atom. The number of anilines is 1. The van der Waals surface area contributed by atoms with E-state index in [2.05, 4.69) is 26.0 Å². The van der Waals surface area contributed by atoms with Crippen LogP contribution in [0.4, 0.5) is 5.69 Å². The van der Waals surface area contributed by atoms with Crippen LogP contribution in [0.1, 0.15) is 36.9 Å². The Kier molecular flexibility index (Phi) is 5.22. The van der Waals surface area contributed by atoms with Gasteiger partial charge in [-0.15, -0.1) is 0 Å². The summed E-state index contributed by atoms with van der Waals surface area (Å²) >= 11 is 3.39. The van der Waals surface area contributed by atoms with Gasteiger partial charge in [0.25, 0.3) is 15.9 Å². The predicted molar refractivity (Wildman–Crippen MR) is 95.6 cm³/mol. The highest BCUT2D eigenvalue weighted by molar-refractivity contribution is 9.10. The SMILES string of the molecule is Cc1ccc(NC(=O)c2ccc(S(=O)(=O)NC(C)(C)C)o2)cc1Br. The largest absolute Gasteiger partial charge is 0.438 e. The number of carbonyl (C=O) groups is 1. The maximum Gasteiger partial charge on any atom is 0.291 e. The molecule has 0 atom stereocenters. The standard InChI is InChI=1S/C16H19BrN2O4S/c1-10-5-6-11(9-12(10)17)18-15(20)13-7-8-14(23-13)24(21,22)19-16(2,3)4/h5-9,19H,1-4H3,(H,18,20). The van der Waals surface area contributed by atoms with Gasteiger partial charge < -0.3 is 9.73 Å². The van der Waals surface area contributed by atoms with Gasteiger partial charge in [-0.25, -0.2) is 13.1 Å². The fourth-order valence-electron chi connectivity index (χ4n) is 1.90. The van der Waals surface area contributed by atoms with Gasteiger partial charge in [-0.3, -0.25) is 4.79 Å². The lowest BCUT2D eigenvalue weighted by Gasteiger charge is -2.18. The number of furan rings is 1. The third-order valence-electron chi connectivity index (χ3n) is 2.94. The fraction of sp³-hybridized carbons (Fsp3) is 0.312. The summed E-state index contributed by atoms with van der Waals surface area (Å²) in [6.45, 7) is 7.09. The minimum atomic E-state index is -3.82. The Morgan fingerprint density at radius 3 is 2.42 bits per heavy atom. The van der Waals surface area contributed by atoms with E-state index in [-0.39, 0.29) is 10.9 Å². The van der Waals surface area contributed by atoms with Crippen molar-refractivity contribution in [2.24, 2.45) is 0 Å². The van der Waals surface area contributed by atoms with Crippen molar-refractivity contribution in [3.8, 4) is 0 Å². The molecule has 0 bridgehead atoms. The maximum absolute atomic E-state index is 12.2. The van der Waals surface area contributed by atoms with Crippen LogP contribution in [0.3, 0.4) is 0 Å². The summed E-state index contributed by atoms with van der Waals surface area (Å²) in [5, 5.41) is 2.36. The van der Waals surface area contributed by atoms with Crippen molar-refractivity contribution in [2.75, 3.05) is 5.32 Å². The van der Waals surface area contributed by atoms with E-state index >= 15 is 0 Å². The molecule has 0 aliphatic heterocycles. The molecule has 24 heavy (non-hydrogen) atoms. The van der Waals surface area contributed by atoms with Gasteiger partial charge in [0.2, 0.25) is 5.09 Å². The fourth-order valence-corrected chi connectivity index (χ4v) is 3.64. The monoisotopic (exact) mass is 414 g/mol. The van der Waals surface area contributed by atoms with E-state index in [1.807, 2.05) is 13.0 Å². The molecule has 0 radical (unpaired) electrons. The summed E-state index contributed by atoms with van der Waals surface area (Å²) in [7, 11) is -3.82. The Hall–Kier alpha value is -1.64. The molecule has 6 nitrogen and oxygen atoms in total. The summed E-state index contributed by atoms with van der Waals surface area (Å²) in [4.78, 5) is 12.2. The predicted octanol–water partition coefficient (Wildman–Crippen LogP) is 3.68. The van der Waals surface area contributed by atoms with Crippen LogP contribution in [-0.4, -0.2) is 19.9 Å². The molecule has 1 aromatic heterocycles. The number of halogens is 1. The molecule has 0 saturated carbocycles. The van der Waals surface area contributed by atoms with E-state index in [9.17, 15) is 13.2 Å². The average molecular weight is 415 g/mol. The molecule has 0 fully saturated rings. The van der Waals surface area contributed by atoms with Gasteiger partial charge >= 0.3 is 0 Å². The summed E-state index contributed by atoms with van der Waals surface area (Å²) < 4.78 is 32.9. The van der Waals surface area contributed by atoms with Crippen molar-refractivity contribution in [2.45, 2.75) is 38.3 Å². The number of benzene rings is 1. The van der Waals surface area contributed by atoms with Gasteiger partial charge in [0, 0.05) is 15.7 Å². The zero-order valence-electron chi connectivity index (χ0n) is 13.8. The topological polar surface area (TPSA) is 88.4 Å². The molecule has 1 heterocycles. The first-order valence-corrected chi connectivity index (χ1v) is 9.47. The lowest BCUT2D eigenvalue weighted by molar-refractivity contribution is 0.0991. The van der Waals surface area contributed by atoms with Gasteiger partial charge in [-0.05, 0) is 57.5 Å². The Labute approximate surface area is 149 Å². The molecule has 0 spiro atoms. The van der Waals surface area contributed by atoms with E-state index in [1.165, 1.54) is 12.1 Å². The Balaban J connectivity index is 2.18. The van der Waals surface area contributed by atoms with Crippen molar-refractivity contribution in [3.63, 3.8) is 0 Å². The molecule has 2 N–H and O–H groups in total. The number of aryl methyl sites for hydroxylation is 1. The summed E-state index contributed by atoms with van der Waals surface area (Å²) in [5.74, 6) is -0.607. The first-order chi connectivity index (χ1) is 11.0. The Bertz CT molecular complexity index is 866. The number of hydrogen-bond acceptors (Lipinski definition) is 4. The number of sulfonamides is 1. The highest BCUT2D eigenvalue weighted by atomic mass is 79.9. The molecule has 2 aromatic rings. The van der Waals surface area contributed by atoms with E-state index in [4.69, 9.17) is 4.42 Å². The molecule has 1 aromatic carbocycles. The van der Waals surface area contributed by atoms with Crippen LogP contribution >= 0.6 is 15.9 Å². The van der Waals surface area contributed by atoms with Crippen molar-refractivity contribution < 1.29 is 17.6 Å². The maximum atomic E-state index is 12.2. The first kappa shape index (κ1) is 18.7. The van der Waals surface area contributed by atoms with Crippen LogP contribution in [0.25, 0.3) is 0 Å². The number of hydrogen-bond donors (Lipinski definition) is 2. The molecule has 8 heteroatoms. The highest BCUT2D eigenvalue weighted by Crippen LogP contribution is 2.22. The van der Waals surface area contributed by atoms with Crippen molar-refractivity contribution >= 4 is 37.5 Å². The van der Waals surface area contributed by atoms with Crippen LogP contribution in [0, 0.1) is 6.92 Å². The highest BCUT2D eigenvalue weighted by Gasteiger charge is 2.26. The molecule has 0 aliphatic carbocycles. The van der Waals surface area contributed by atoms with Crippen LogP contribution in [-0.2, 0) is 10.0 Å². The molecular weight excluding hydrogens is 396 g/mol. The molecule has 1 amide bonds. The third kappa shape index (κ3) is 4.68. The van der Waals surface area contributed by atoms with Crippen molar-refractivity contribution in [3.05, 3.63) is 46.1 Å². The molecule has 0 saturated heterocycles. The minimum Gasteiger partial charge on any atom is -0.438 e. The van der Waals surface area contributed by atoms with E-state index < -0.39 is 21.5 Å². The lowest BCUT2D eigenvalue weighted by atomic mass is 10.1. The van der Waals surface area contributed by atoms with Gasteiger partial charge in [-0.1, -0.05) is 22.0 Å². The van der Waals surface area contributed by atoms with Crippen LogP contribution < -0.4 is 10.0 Å². The lowest BCUT2D eigenvalue weighted by Crippen LogP contribution is -2.40. The normalized spacial score (nSPS) is 12.2. The molecular formula is C16H19BrN2O4S. The zero-order chi connectivity index (χ0) is 18.1. The molecule has 2 rings (SSSR count). The summed E-state index contributed by atoms with van der Waals surface area (Å²) in [6, 6.07) is 7.95. The van der Waals surface area contributed by atoms with E-state index in [1.54, 1.807) is 32.9 Å². The van der Waals surface area contributed by atoms with Crippen molar-refractivity contribution in [1.29, 1.82) is 0 Å². The summed E-state index contributed by atoms with van der Waals surface area (Å²) in [6.07, 6.45) is 0. The second-order valence-electron chi connectivity index (χ2n) is 6.39. The van der Waals surface area contributed by atoms with Gasteiger partial charge in [0.05, 0.1) is 0 Å². The zero-order valence-corrected chi connectivity index (χ0v) is 16.2.